The van der Waals surface area contributed by atoms with Crippen molar-refractivity contribution in [3.63, 3.8) is 0 Å². The van der Waals surface area contributed by atoms with Crippen molar-refractivity contribution in [2.24, 2.45) is 5.73 Å². The van der Waals surface area contributed by atoms with Crippen molar-refractivity contribution in [3.05, 3.63) is 89.3 Å². The largest absolute Gasteiger partial charge is 0.399 e. The number of carbonyl (C=O) groups is 3. The molecular weight excluding hydrogens is 671 g/mol. The van der Waals surface area contributed by atoms with Gasteiger partial charge in [-0.25, -0.2) is 0 Å². The van der Waals surface area contributed by atoms with Crippen molar-refractivity contribution in [2.75, 3.05) is 18.9 Å². The van der Waals surface area contributed by atoms with Crippen molar-refractivity contribution in [1.29, 1.82) is 0 Å². The summed E-state index contributed by atoms with van der Waals surface area (Å²) in [5.41, 5.74) is 3.66. The molecule has 1 aromatic heterocycles. The molecule has 9 nitrogen and oxygen atoms in total. The molecule has 2 aliphatic rings. The number of rotatable bonds is 5. The van der Waals surface area contributed by atoms with Crippen LogP contribution in [0.3, 0.4) is 0 Å². The number of nitrogens with two attached hydrogens (primary N) is 1. The number of nitrogens with zero attached hydrogens (tertiary/aromatic N) is 1. The van der Waals surface area contributed by atoms with E-state index in [4.69, 9.17) is 20.3 Å². The number of anilines is 1. The average Bonchev–Trinajstić information content (AvgIpc) is 3.77. The number of carbonyl (C=O) groups excluding carboxylic acids is 3. The van der Waals surface area contributed by atoms with Crippen LogP contribution in [0.25, 0.3) is 21.2 Å². The van der Waals surface area contributed by atoms with Gasteiger partial charge in [0.2, 0.25) is 5.91 Å². The third kappa shape index (κ3) is 11.6. The molecule has 3 aromatic carbocycles. The lowest BCUT2D eigenvalue weighted by molar-refractivity contribution is -0.132. The Morgan fingerprint density at radius 3 is 2.14 bits per heavy atom. The predicted octanol–water partition coefficient (Wildman–Crippen LogP) is 8.41. The number of thiophene rings is 1. The molecule has 266 valence electrons. The minimum absolute atomic E-state index is 0.187. The number of hydrogen-bond acceptors (Lipinski definition) is 6. The van der Waals surface area contributed by atoms with Crippen LogP contribution >= 0.6 is 18.9 Å². The lowest BCUT2D eigenvalue weighted by Crippen LogP contribution is -2.36. The van der Waals surface area contributed by atoms with Crippen LogP contribution in [0.1, 0.15) is 74.0 Å². The van der Waals surface area contributed by atoms with Crippen molar-refractivity contribution in [1.82, 2.24) is 4.90 Å². The number of hydrogen-bond donors (Lipinski definition) is 4. The Bertz CT molecular complexity index is 1660. The number of amides is 2. The van der Waals surface area contributed by atoms with Gasteiger partial charge < -0.3 is 30.5 Å². The summed E-state index contributed by atoms with van der Waals surface area (Å²) >= 11 is 1.02. The molecule has 2 amide bonds. The van der Waals surface area contributed by atoms with Gasteiger partial charge in [-0.1, -0.05) is 75.2 Å². The van der Waals surface area contributed by atoms with Gasteiger partial charge in [-0.3, -0.25) is 14.2 Å². The normalized spacial score (nSPS) is 15.6. The average molecular weight is 718 g/mol. The minimum atomic E-state index is -5.60. The molecule has 49 heavy (non-hydrogen) atoms. The van der Waals surface area contributed by atoms with Gasteiger partial charge in [0, 0.05) is 42.0 Å². The molecule has 3 heterocycles. The van der Waals surface area contributed by atoms with Gasteiger partial charge in [0.05, 0.1) is 4.88 Å². The number of primary amides is 1. The molecule has 13 heteroatoms. The molecule has 2 fully saturated rings. The van der Waals surface area contributed by atoms with Crippen molar-refractivity contribution >= 4 is 53.3 Å². The van der Waals surface area contributed by atoms with Gasteiger partial charge in [0.15, 0.2) is 0 Å². The molecule has 0 aliphatic carbocycles. The van der Waals surface area contributed by atoms with E-state index in [1.165, 1.54) is 55.4 Å². The first-order valence-corrected chi connectivity index (χ1v) is 18.5. The summed E-state index contributed by atoms with van der Waals surface area (Å²) in [6.45, 7) is 7.03. The predicted molar refractivity (Wildman–Crippen MR) is 194 cm³/mol. The van der Waals surface area contributed by atoms with Crippen LogP contribution in [0.2, 0.25) is 0 Å². The zero-order chi connectivity index (χ0) is 36.6. The first-order chi connectivity index (χ1) is 23.4. The molecule has 1 atom stereocenters. The van der Waals surface area contributed by atoms with Crippen molar-refractivity contribution < 1.29 is 37.5 Å². The van der Waals surface area contributed by atoms with Crippen molar-refractivity contribution in [2.45, 2.75) is 70.5 Å². The molecule has 5 N–H and O–H groups in total. The summed E-state index contributed by atoms with van der Waals surface area (Å²) in [6.07, 6.45) is 8.25. The molecule has 6 rings (SSSR count). The van der Waals surface area contributed by atoms with E-state index in [-0.39, 0.29) is 10.3 Å². The van der Waals surface area contributed by atoms with E-state index in [0.717, 1.165) is 48.5 Å². The van der Waals surface area contributed by atoms with E-state index in [1.54, 1.807) is 0 Å². The molecule has 0 radical (unpaired) electrons. The summed E-state index contributed by atoms with van der Waals surface area (Å²) in [7, 11) is -3.67. The molecule has 0 bridgehead atoms. The highest BCUT2D eigenvalue weighted by Gasteiger charge is 2.50. The summed E-state index contributed by atoms with van der Waals surface area (Å²) < 4.78 is 38.3. The molecule has 4 aromatic rings. The molecule has 1 unspecified atom stereocenters. The van der Waals surface area contributed by atoms with Crippen LogP contribution in [-0.2, 0) is 19.8 Å². The van der Waals surface area contributed by atoms with E-state index >= 15 is 0 Å². The van der Waals surface area contributed by atoms with Crippen LogP contribution in [0.5, 0.6) is 0 Å². The second-order valence-electron chi connectivity index (χ2n) is 11.0. The van der Waals surface area contributed by atoms with Gasteiger partial charge in [-0.2, -0.15) is 8.78 Å². The Balaban J connectivity index is 0.000000248. The lowest BCUT2D eigenvalue weighted by atomic mass is 10.0. The van der Waals surface area contributed by atoms with Gasteiger partial charge in [0.1, 0.15) is 6.79 Å². The van der Waals surface area contributed by atoms with E-state index in [2.05, 4.69) is 58.7 Å². The van der Waals surface area contributed by atoms with Crippen LogP contribution in [0.15, 0.2) is 78.9 Å². The maximum Gasteiger partial charge on any atom is 0.399 e. The maximum atomic E-state index is 13.5. The lowest BCUT2D eigenvalue weighted by Gasteiger charge is -2.26. The Hall–Kier alpha value is -3.96. The highest BCUT2D eigenvalue weighted by atomic mass is 32.1. The maximum absolute atomic E-state index is 13.5. The Kier molecular flexibility index (Phi) is 16.7. The second kappa shape index (κ2) is 19.9. The number of benzene rings is 3. The topological polar surface area (TPSA) is 150 Å². The zero-order valence-electron chi connectivity index (χ0n) is 28.1. The second-order valence-corrected chi connectivity index (χ2v) is 13.7. The summed E-state index contributed by atoms with van der Waals surface area (Å²) in [4.78, 5) is 50.2. The number of fused-ring (bicyclic) bond motifs is 2. The highest BCUT2D eigenvalue weighted by molar-refractivity contribution is 7.52. The SMILES string of the molecule is C=O.CC.CNc1ccc(-c2ccccc2)cc1.NC(=O)c1cc2cc(C(F)(F)P(=O)(O)O)ccc2s1.O=C1CCCCCC2CCCN12. The van der Waals surface area contributed by atoms with Gasteiger partial charge in [0.25, 0.3) is 5.91 Å². The summed E-state index contributed by atoms with van der Waals surface area (Å²) in [6, 6.07) is 23.9. The minimum Gasteiger partial charge on any atom is -0.388 e. The Morgan fingerprint density at radius 2 is 1.55 bits per heavy atom. The van der Waals surface area contributed by atoms with Crippen LogP contribution in [0, 0.1) is 0 Å². The Labute approximate surface area is 290 Å². The summed E-state index contributed by atoms with van der Waals surface area (Å²) in [5, 5.41) is 3.39. The Morgan fingerprint density at radius 1 is 0.939 bits per heavy atom. The fraction of sp³-hybridized carbons (Fsp3) is 0.361. The standard InChI is InChI=1S/C13H13N.C10H8F2NO4PS.C10H17NO.C2H6.CH2O/c1-14-13-9-7-12(8-10-13)11-5-3-2-4-6-11;11-10(12,18(15,16)17)6-1-2-7-5(3-6)4-8(19-7)9(13)14;12-10-7-3-1-2-5-9-6-4-8-11(9)10;2*1-2/h2-10,14H,1H3;1-4H,(H2,13,14)(H2,15,16,17);9H,1-8H2;1-2H3;1H2. The highest BCUT2D eigenvalue weighted by Crippen LogP contribution is 2.59. The monoisotopic (exact) mass is 717 g/mol. The van der Waals surface area contributed by atoms with Gasteiger partial charge >= 0.3 is 13.3 Å². The summed E-state index contributed by atoms with van der Waals surface area (Å²) in [5.74, 6) is -0.276. The van der Waals surface area contributed by atoms with Gasteiger partial charge in [-0.05, 0) is 72.5 Å². The molecule has 0 saturated carbocycles. The third-order valence-electron chi connectivity index (χ3n) is 7.88. The third-order valence-corrected chi connectivity index (χ3v) is 10.00. The van der Waals surface area contributed by atoms with Crippen LogP contribution in [-0.4, -0.2) is 52.9 Å². The van der Waals surface area contributed by atoms with E-state index in [9.17, 15) is 22.9 Å². The van der Waals surface area contributed by atoms with E-state index in [0.29, 0.717) is 16.6 Å². The fourth-order valence-corrected chi connectivity index (χ4v) is 6.79. The fourth-order valence-electron chi connectivity index (χ4n) is 5.42. The molecule has 0 spiro atoms. The van der Waals surface area contributed by atoms with Crippen molar-refractivity contribution in [3.8, 4) is 11.1 Å². The van der Waals surface area contributed by atoms with Gasteiger partial charge in [-0.15, -0.1) is 11.3 Å². The first kappa shape index (κ1) is 41.2. The van der Waals surface area contributed by atoms with E-state index < -0.39 is 24.7 Å². The molecular formula is C36H46F2N3O6PS. The number of halogens is 2. The molecule has 2 saturated heterocycles. The first-order valence-electron chi connectivity index (χ1n) is 16.1. The van der Waals surface area contributed by atoms with Crippen LogP contribution < -0.4 is 11.1 Å². The molecule has 2 aliphatic heterocycles. The van der Waals surface area contributed by atoms with Crippen LogP contribution in [0.4, 0.5) is 14.5 Å². The zero-order valence-corrected chi connectivity index (χ0v) is 29.8. The smallest absolute Gasteiger partial charge is 0.388 e. The quantitative estimate of drug-likeness (QED) is 0.151. The number of alkyl halides is 2. The number of nitrogens with one attached hydrogen (secondary N) is 1. The van der Waals surface area contributed by atoms with E-state index in [1.807, 2.05) is 33.8 Å².